The first-order chi connectivity index (χ1) is 24.0. The van der Waals surface area contributed by atoms with Gasteiger partial charge in [-0.15, -0.1) is 0 Å². The van der Waals surface area contributed by atoms with Gasteiger partial charge in [0.05, 0.1) is 23.0 Å². The number of carbonyl (C=O) groups is 3. The lowest BCUT2D eigenvalue weighted by Gasteiger charge is -2.15. The van der Waals surface area contributed by atoms with Crippen LogP contribution in [0, 0.1) is 0 Å². The van der Waals surface area contributed by atoms with Crippen LogP contribution in [-0.2, 0) is 41.4 Å². The van der Waals surface area contributed by atoms with Crippen LogP contribution in [0.1, 0.15) is 52.2 Å². The van der Waals surface area contributed by atoms with Crippen LogP contribution in [0.25, 0.3) is 0 Å². The van der Waals surface area contributed by atoms with E-state index in [9.17, 15) is 27.6 Å². The third-order valence-corrected chi connectivity index (χ3v) is 8.65. The number of carbonyl (C=O) groups excluding carboxylic acids is 3. The predicted octanol–water partition coefficient (Wildman–Crippen LogP) is 7.24. The van der Waals surface area contributed by atoms with E-state index < -0.39 is 17.7 Å². The summed E-state index contributed by atoms with van der Waals surface area (Å²) < 4.78 is 49.0. The summed E-state index contributed by atoms with van der Waals surface area (Å²) in [7, 11) is 0. The van der Waals surface area contributed by atoms with Crippen molar-refractivity contribution in [3.8, 4) is 5.75 Å². The number of ether oxygens (including phenoxy) is 2. The van der Waals surface area contributed by atoms with Gasteiger partial charge >= 0.3 is 12.1 Å². The van der Waals surface area contributed by atoms with E-state index >= 15 is 0 Å². The van der Waals surface area contributed by atoms with Crippen molar-refractivity contribution >= 4 is 28.9 Å². The van der Waals surface area contributed by atoms with Crippen molar-refractivity contribution in [2.45, 2.75) is 57.0 Å². The number of thioether (sulfide) groups is 1. The number of benzene rings is 3. The fourth-order valence-corrected chi connectivity index (χ4v) is 5.82. The number of alkyl halides is 3. The number of hydrogen-bond acceptors (Lipinski definition) is 8. The Kier molecular flexibility index (Phi) is 14.4. The number of aryl methyl sites for hydroxylation is 1. The summed E-state index contributed by atoms with van der Waals surface area (Å²) in [5, 5.41) is 4.84. The fourth-order valence-electron chi connectivity index (χ4n) is 4.96. The van der Waals surface area contributed by atoms with Crippen LogP contribution >= 0.6 is 11.8 Å². The van der Waals surface area contributed by atoms with E-state index in [1.165, 1.54) is 11.6 Å². The number of imide groups is 1. The van der Waals surface area contributed by atoms with Crippen molar-refractivity contribution in [3.63, 3.8) is 0 Å². The number of nitrogens with one attached hydrogen (secondary N) is 2. The number of amides is 2. The molecule has 0 spiro atoms. The molecule has 0 saturated carbocycles. The third kappa shape index (κ3) is 12.6. The second-order valence-corrected chi connectivity index (χ2v) is 12.8. The molecule has 1 saturated heterocycles. The molecule has 2 unspecified atom stereocenters. The number of pyridine rings is 1. The van der Waals surface area contributed by atoms with Gasteiger partial charge in [-0.1, -0.05) is 73.3 Å². The van der Waals surface area contributed by atoms with Gasteiger partial charge in [-0.2, -0.15) is 13.2 Å². The van der Waals surface area contributed by atoms with Crippen molar-refractivity contribution in [3.05, 3.63) is 131 Å². The normalized spacial score (nSPS) is 14.7. The van der Waals surface area contributed by atoms with Crippen LogP contribution in [0.4, 0.5) is 18.0 Å². The van der Waals surface area contributed by atoms with Crippen LogP contribution in [0.15, 0.2) is 97.2 Å². The Morgan fingerprint density at radius 2 is 1.68 bits per heavy atom. The average molecular weight is 708 g/mol. The Balaban J connectivity index is 0.000000225. The van der Waals surface area contributed by atoms with Gasteiger partial charge in [0.15, 0.2) is 0 Å². The zero-order valence-electron chi connectivity index (χ0n) is 27.9. The van der Waals surface area contributed by atoms with Gasteiger partial charge in [-0.3, -0.25) is 19.9 Å². The summed E-state index contributed by atoms with van der Waals surface area (Å²) in [6.45, 7) is 5.17. The molecule has 0 radical (unpaired) electrons. The molecule has 2 amide bonds. The molecule has 12 heteroatoms. The number of hydrogen-bond donors (Lipinski definition) is 2. The second-order valence-electron chi connectivity index (χ2n) is 11.6. The highest BCUT2D eigenvalue weighted by molar-refractivity contribution is 8.15. The van der Waals surface area contributed by atoms with Crippen molar-refractivity contribution in [1.82, 2.24) is 15.6 Å². The summed E-state index contributed by atoms with van der Waals surface area (Å²) in [6, 6.07) is 25.7. The third-order valence-electron chi connectivity index (χ3n) is 7.67. The molecule has 264 valence electrons. The van der Waals surface area contributed by atoms with Crippen molar-refractivity contribution < 1.29 is 37.0 Å². The number of halogens is 3. The molecule has 8 nitrogen and oxygen atoms in total. The van der Waals surface area contributed by atoms with Gasteiger partial charge < -0.3 is 14.8 Å². The molecule has 1 fully saturated rings. The number of rotatable bonds is 14. The second kappa shape index (κ2) is 18.9. The number of esters is 1. The van der Waals surface area contributed by atoms with E-state index in [1.807, 2.05) is 49.5 Å². The van der Waals surface area contributed by atoms with E-state index in [0.717, 1.165) is 53.7 Å². The van der Waals surface area contributed by atoms with Gasteiger partial charge in [0.25, 0.3) is 5.24 Å². The molecule has 0 bridgehead atoms. The molecule has 3 aromatic carbocycles. The van der Waals surface area contributed by atoms with Crippen molar-refractivity contribution in [2.75, 3.05) is 19.8 Å². The molecule has 0 aliphatic carbocycles. The molecule has 2 heterocycles. The minimum atomic E-state index is -4.34. The summed E-state index contributed by atoms with van der Waals surface area (Å²) in [6.07, 6.45) is 0.315. The van der Waals surface area contributed by atoms with E-state index in [4.69, 9.17) is 9.47 Å². The van der Waals surface area contributed by atoms with Crippen LogP contribution in [0.3, 0.4) is 0 Å². The van der Waals surface area contributed by atoms with Crippen LogP contribution < -0.4 is 15.4 Å². The minimum Gasteiger partial charge on any atom is -0.493 e. The molecular weight excluding hydrogens is 667 g/mol. The van der Waals surface area contributed by atoms with Crippen LogP contribution in [-0.4, -0.2) is 53.1 Å². The van der Waals surface area contributed by atoms with Crippen molar-refractivity contribution in [1.29, 1.82) is 0 Å². The highest BCUT2D eigenvalue weighted by Crippen LogP contribution is 2.30. The standard InChI is InChI=1S/C19H20F3NO2.C19H20N2O3S/c1-14(12-15-6-5-9-17(13-15)19(20,21)22)23-10-11-25-18(24)16-7-3-2-4-8-16;1-2-13-3-6-15(20-12-13)9-10-24-16-7-4-14(5-8-16)11-17-18(22)21-19(23)25-17/h2-9,13-14,23H,10-12H2,1H3;3-8,12,17H,2,9-11H2,1H3,(H,21,22,23). The largest absolute Gasteiger partial charge is 0.493 e. The van der Waals surface area contributed by atoms with Gasteiger partial charge in [-0.05, 0) is 79.3 Å². The number of nitrogens with zero attached hydrogens (tertiary/aromatic N) is 1. The fraction of sp³-hybridized carbons (Fsp3) is 0.316. The summed E-state index contributed by atoms with van der Waals surface area (Å²) in [5.41, 5.74) is 3.70. The molecule has 1 aliphatic heterocycles. The maximum Gasteiger partial charge on any atom is 0.416 e. The zero-order valence-corrected chi connectivity index (χ0v) is 28.7. The molecule has 2 atom stereocenters. The average Bonchev–Trinajstić information content (AvgIpc) is 3.43. The highest BCUT2D eigenvalue weighted by Gasteiger charge is 2.31. The van der Waals surface area contributed by atoms with E-state index in [2.05, 4.69) is 28.6 Å². The van der Waals surface area contributed by atoms with Gasteiger partial charge in [0.1, 0.15) is 12.4 Å². The Bertz CT molecular complexity index is 1690. The predicted molar refractivity (Wildman–Crippen MR) is 187 cm³/mol. The van der Waals surface area contributed by atoms with Crippen molar-refractivity contribution in [2.24, 2.45) is 0 Å². The molecule has 4 aromatic rings. The topological polar surface area (TPSA) is 107 Å². The summed E-state index contributed by atoms with van der Waals surface area (Å²) >= 11 is 1.05. The quantitative estimate of drug-likeness (QED) is 0.104. The van der Waals surface area contributed by atoms with E-state index in [0.29, 0.717) is 37.1 Å². The van der Waals surface area contributed by atoms with Gasteiger partial charge in [0, 0.05) is 30.9 Å². The van der Waals surface area contributed by atoms with Crippen LogP contribution in [0.2, 0.25) is 0 Å². The molecular formula is C38H40F3N3O5S. The lowest BCUT2D eigenvalue weighted by molar-refractivity contribution is -0.137. The maximum atomic E-state index is 12.7. The Hall–Kier alpha value is -4.68. The molecule has 5 rings (SSSR count). The Labute approximate surface area is 294 Å². The lowest BCUT2D eigenvalue weighted by Crippen LogP contribution is -2.31. The summed E-state index contributed by atoms with van der Waals surface area (Å²) in [4.78, 5) is 38.9. The lowest BCUT2D eigenvalue weighted by atomic mass is 10.0. The Morgan fingerprint density at radius 1 is 0.940 bits per heavy atom. The molecule has 1 aromatic heterocycles. The smallest absolute Gasteiger partial charge is 0.416 e. The number of aromatic nitrogens is 1. The van der Waals surface area contributed by atoms with Crippen LogP contribution in [0.5, 0.6) is 5.75 Å². The van der Waals surface area contributed by atoms with Gasteiger partial charge in [-0.25, -0.2) is 4.79 Å². The first kappa shape index (κ1) is 38.1. The maximum absolute atomic E-state index is 12.7. The highest BCUT2D eigenvalue weighted by atomic mass is 32.2. The SMILES string of the molecule is CC(Cc1cccc(C(F)(F)F)c1)NCCOC(=O)c1ccccc1.CCc1ccc(CCOc2ccc(CC3SC(=O)NC3=O)cc2)nc1. The monoisotopic (exact) mass is 707 g/mol. The minimum absolute atomic E-state index is 0.0427. The molecule has 50 heavy (non-hydrogen) atoms. The molecule has 2 N–H and O–H groups in total. The first-order valence-corrected chi connectivity index (χ1v) is 17.2. The Morgan fingerprint density at radius 3 is 2.32 bits per heavy atom. The first-order valence-electron chi connectivity index (χ1n) is 16.3. The zero-order chi connectivity index (χ0) is 35.9. The van der Waals surface area contributed by atoms with E-state index in [1.54, 1.807) is 30.3 Å². The summed E-state index contributed by atoms with van der Waals surface area (Å²) in [5.74, 6) is 0.179. The van der Waals surface area contributed by atoms with Gasteiger partial charge in [0.2, 0.25) is 5.91 Å². The molecule has 1 aliphatic rings. The van der Waals surface area contributed by atoms with E-state index in [-0.39, 0.29) is 29.0 Å².